The zero-order valence-corrected chi connectivity index (χ0v) is 17.3. The number of benzene rings is 2. The Bertz CT molecular complexity index is 899. The fourth-order valence-electron chi connectivity index (χ4n) is 3.81. The third-order valence-corrected chi connectivity index (χ3v) is 5.56. The van der Waals surface area contributed by atoms with Crippen LogP contribution in [0.25, 0.3) is 0 Å². The van der Waals surface area contributed by atoms with E-state index in [2.05, 4.69) is 0 Å². The van der Waals surface area contributed by atoms with E-state index in [0.717, 1.165) is 19.3 Å². The Morgan fingerprint density at radius 1 is 0.966 bits per heavy atom. The second-order valence-electron chi connectivity index (χ2n) is 7.39. The van der Waals surface area contributed by atoms with Gasteiger partial charge in [-0.05, 0) is 63.4 Å². The molecule has 0 aromatic heterocycles. The summed E-state index contributed by atoms with van der Waals surface area (Å²) < 4.78 is 5.28. The molecule has 1 aliphatic heterocycles. The number of nitrogens with zero attached hydrogens (tertiary/aromatic N) is 1. The second kappa shape index (κ2) is 9.23. The summed E-state index contributed by atoms with van der Waals surface area (Å²) >= 11 is 5.88. The highest BCUT2D eigenvalue weighted by Gasteiger charge is 2.29. The lowest BCUT2D eigenvalue weighted by Crippen LogP contribution is -2.49. The maximum absolute atomic E-state index is 12.8. The fourth-order valence-corrected chi connectivity index (χ4v) is 3.93. The summed E-state index contributed by atoms with van der Waals surface area (Å²) in [5, 5.41) is 0.522. The number of likely N-dealkylation sites (tertiary alicyclic amines) is 1. The van der Waals surface area contributed by atoms with Crippen molar-refractivity contribution in [3.8, 4) is 0 Å². The number of ether oxygens (including phenoxy) is 1. The Morgan fingerprint density at radius 3 is 2.17 bits per heavy atom. The van der Waals surface area contributed by atoms with Crippen LogP contribution in [0.3, 0.4) is 0 Å². The highest BCUT2D eigenvalue weighted by molar-refractivity contribution is 6.30. The van der Waals surface area contributed by atoms with Gasteiger partial charge in [0.15, 0.2) is 12.4 Å². The number of rotatable bonds is 5. The molecule has 0 saturated carbocycles. The van der Waals surface area contributed by atoms with Crippen molar-refractivity contribution in [3.05, 3.63) is 70.2 Å². The van der Waals surface area contributed by atoms with E-state index in [-0.39, 0.29) is 41.5 Å². The quantitative estimate of drug-likeness (QED) is 0.534. The summed E-state index contributed by atoms with van der Waals surface area (Å²) in [7, 11) is 0. The number of esters is 1. The Balaban J connectivity index is 1.72. The largest absolute Gasteiger partial charge is 0.452 e. The molecular formula is C23H24ClNO4. The van der Waals surface area contributed by atoms with E-state index in [0.29, 0.717) is 10.6 Å². The van der Waals surface area contributed by atoms with E-state index in [4.69, 9.17) is 16.3 Å². The molecule has 0 unspecified atom stereocenters. The van der Waals surface area contributed by atoms with Crippen molar-refractivity contribution in [2.24, 2.45) is 0 Å². The molecule has 0 aliphatic carbocycles. The zero-order valence-electron chi connectivity index (χ0n) is 16.6. The van der Waals surface area contributed by atoms with Gasteiger partial charge in [0.2, 0.25) is 0 Å². The van der Waals surface area contributed by atoms with Crippen LogP contribution in [0.5, 0.6) is 0 Å². The highest BCUT2D eigenvalue weighted by Crippen LogP contribution is 2.23. The van der Waals surface area contributed by atoms with Crippen molar-refractivity contribution >= 4 is 29.3 Å². The monoisotopic (exact) mass is 413 g/mol. The summed E-state index contributed by atoms with van der Waals surface area (Å²) in [5.41, 5.74) is 0.786. The number of amides is 1. The van der Waals surface area contributed by atoms with Crippen LogP contribution in [0.1, 0.15) is 59.4 Å². The predicted octanol–water partition coefficient (Wildman–Crippen LogP) is 4.52. The highest BCUT2D eigenvalue weighted by atomic mass is 35.5. The minimum Gasteiger partial charge on any atom is -0.452 e. The molecule has 3 rings (SSSR count). The van der Waals surface area contributed by atoms with E-state index in [1.165, 1.54) is 6.07 Å². The third-order valence-electron chi connectivity index (χ3n) is 5.31. The lowest BCUT2D eigenvalue weighted by atomic mass is 9.97. The third kappa shape index (κ3) is 4.85. The number of halogens is 1. The smallest absolute Gasteiger partial charge is 0.339 e. The molecule has 0 N–H and O–H groups in total. The number of ketones is 1. The Hall–Kier alpha value is -2.66. The van der Waals surface area contributed by atoms with Crippen molar-refractivity contribution in [1.82, 2.24) is 4.90 Å². The number of piperidine rings is 1. The Labute approximate surface area is 175 Å². The van der Waals surface area contributed by atoms with E-state index >= 15 is 0 Å². The minimum atomic E-state index is -0.687. The maximum atomic E-state index is 12.8. The topological polar surface area (TPSA) is 63.7 Å². The van der Waals surface area contributed by atoms with Gasteiger partial charge in [0.05, 0.1) is 5.56 Å². The summed E-state index contributed by atoms with van der Waals surface area (Å²) in [6, 6.07) is 13.2. The van der Waals surface area contributed by atoms with Gasteiger partial charge in [0.1, 0.15) is 0 Å². The molecule has 1 fully saturated rings. The van der Waals surface area contributed by atoms with Gasteiger partial charge in [-0.25, -0.2) is 4.79 Å². The minimum absolute atomic E-state index is 0.128. The fraction of sp³-hybridized carbons (Fsp3) is 0.348. The molecule has 1 heterocycles. The molecule has 6 heteroatoms. The molecule has 2 atom stereocenters. The standard InChI is InChI=1S/C23H24ClNO4/c1-15-6-5-7-16(2)25(15)21(26)14-29-23(28)20-9-4-3-8-19(20)22(27)17-10-12-18(24)13-11-17/h3-4,8-13,15-16H,5-7,14H2,1-2H3/t15-,16-/m0/s1. The molecule has 2 aromatic carbocycles. The van der Waals surface area contributed by atoms with Crippen LogP contribution in [-0.2, 0) is 9.53 Å². The zero-order chi connectivity index (χ0) is 21.0. The van der Waals surface area contributed by atoms with Crippen molar-refractivity contribution in [2.75, 3.05) is 6.61 Å². The molecule has 1 amide bonds. The van der Waals surface area contributed by atoms with Gasteiger partial charge in [0, 0.05) is 28.2 Å². The molecule has 1 aliphatic rings. The lowest BCUT2D eigenvalue weighted by molar-refractivity contribution is -0.140. The van der Waals surface area contributed by atoms with Crippen LogP contribution in [0, 0.1) is 0 Å². The van der Waals surface area contributed by atoms with Gasteiger partial charge in [-0.2, -0.15) is 0 Å². The first-order valence-corrected chi connectivity index (χ1v) is 10.1. The number of hydrogen-bond acceptors (Lipinski definition) is 4. The molecule has 5 nitrogen and oxygen atoms in total. The van der Waals surface area contributed by atoms with E-state index < -0.39 is 5.97 Å². The van der Waals surface area contributed by atoms with E-state index in [1.54, 1.807) is 47.4 Å². The van der Waals surface area contributed by atoms with Gasteiger partial charge in [-0.15, -0.1) is 0 Å². The average molecular weight is 414 g/mol. The second-order valence-corrected chi connectivity index (χ2v) is 7.82. The Kier molecular flexibility index (Phi) is 6.70. The maximum Gasteiger partial charge on any atom is 0.339 e. The van der Waals surface area contributed by atoms with Crippen molar-refractivity contribution in [1.29, 1.82) is 0 Å². The van der Waals surface area contributed by atoms with Gasteiger partial charge in [-0.1, -0.05) is 29.8 Å². The van der Waals surface area contributed by atoms with Crippen molar-refractivity contribution in [2.45, 2.75) is 45.2 Å². The molecule has 0 spiro atoms. The first kappa shape index (κ1) is 21.1. The van der Waals surface area contributed by atoms with E-state index in [1.807, 2.05) is 13.8 Å². The van der Waals surface area contributed by atoms with Crippen LogP contribution in [-0.4, -0.2) is 41.3 Å². The first-order valence-electron chi connectivity index (χ1n) is 9.76. The molecule has 1 saturated heterocycles. The van der Waals surface area contributed by atoms with Gasteiger partial charge >= 0.3 is 5.97 Å². The molecule has 0 radical (unpaired) electrons. The van der Waals surface area contributed by atoms with Crippen LogP contribution in [0.2, 0.25) is 5.02 Å². The molecule has 29 heavy (non-hydrogen) atoms. The van der Waals surface area contributed by atoms with Gasteiger partial charge in [-0.3, -0.25) is 9.59 Å². The van der Waals surface area contributed by atoms with Crippen LogP contribution in [0.15, 0.2) is 48.5 Å². The van der Waals surface area contributed by atoms with Gasteiger partial charge in [0.25, 0.3) is 5.91 Å². The lowest BCUT2D eigenvalue weighted by Gasteiger charge is -2.38. The normalized spacial score (nSPS) is 18.9. The average Bonchev–Trinajstić information content (AvgIpc) is 2.72. The summed E-state index contributed by atoms with van der Waals surface area (Å²) in [6.07, 6.45) is 2.98. The Morgan fingerprint density at radius 2 is 1.55 bits per heavy atom. The number of carbonyl (C=O) groups is 3. The van der Waals surface area contributed by atoms with Crippen molar-refractivity contribution in [3.63, 3.8) is 0 Å². The van der Waals surface area contributed by atoms with Crippen LogP contribution >= 0.6 is 11.6 Å². The van der Waals surface area contributed by atoms with Gasteiger partial charge < -0.3 is 9.64 Å². The summed E-state index contributed by atoms with van der Waals surface area (Å²) in [4.78, 5) is 39.9. The SMILES string of the molecule is C[C@H]1CCC[C@H](C)N1C(=O)COC(=O)c1ccccc1C(=O)c1ccc(Cl)cc1. The van der Waals surface area contributed by atoms with Crippen molar-refractivity contribution < 1.29 is 19.1 Å². The van der Waals surface area contributed by atoms with Crippen LogP contribution < -0.4 is 0 Å². The van der Waals surface area contributed by atoms with E-state index in [9.17, 15) is 14.4 Å². The molecule has 2 aromatic rings. The summed E-state index contributed by atoms with van der Waals surface area (Å²) in [5.74, 6) is -1.20. The predicted molar refractivity (Wildman–Crippen MR) is 111 cm³/mol. The molecular weight excluding hydrogens is 390 g/mol. The first-order chi connectivity index (χ1) is 13.9. The molecule has 152 valence electrons. The summed E-state index contributed by atoms with van der Waals surface area (Å²) in [6.45, 7) is 3.68. The molecule has 0 bridgehead atoms. The number of carbonyl (C=O) groups excluding carboxylic acids is 3. The van der Waals surface area contributed by atoms with Crippen LogP contribution in [0.4, 0.5) is 0 Å². The number of hydrogen-bond donors (Lipinski definition) is 0.